The van der Waals surface area contributed by atoms with Gasteiger partial charge in [0.25, 0.3) is 0 Å². The van der Waals surface area contributed by atoms with Gasteiger partial charge in [0.1, 0.15) is 11.1 Å². The molecule has 0 aliphatic carbocycles. The van der Waals surface area contributed by atoms with Crippen LogP contribution in [0.5, 0.6) is 0 Å². The monoisotopic (exact) mass is 664 g/mol. The number of furan rings is 1. The second-order valence-electron chi connectivity index (χ2n) is 12.3. The number of nitrogens with zero attached hydrogens (tertiary/aromatic N) is 2. The van der Waals surface area contributed by atoms with Crippen molar-refractivity contribution in [3.05, 3.63) is 146 Å². The molecule has 0 saturated heterocycles. The molecule has 0 radical (unpaired) electrons. The van der Waals surface area contributed by atoms with Gasteiger partial charge in [-0.15, -0.1) is 22.7 Å². The summed E-state index contributed by atoms with van der Waals surface area (Å²) >= 11 is 3.65. The Hall–Kier alpha value is -5.95. The van der Waals surface area contributed by atoms with Crippen LogP contribution in [0, 0.1) is 0 Å². The van der Waals surface area contributed by atoms with Crippen LogP contribution in [0.3, 0.4) is 0 Å². The van der Waals surface area contributed by atoms with Crippen LogP contribution in [0.4, 0.5) is 17.1 Å². The highest BCUT2D eigenvalue weighted by Gasteiger charge is 2.25. The highest BCUT2D eigenvalue weighted by Crippen LogP contribution is 2.48. The van der Waals surface area contributed by atoms with E-state index in [1.165, 1.54) is 40.3 Å². The van der Waals surface area contributed by atoms with Gasteiger partial charge in [0.15, 0.2) is 11.2 Å². The molecule has 0 unspecified atom stereocenters. The van der Waals surface area contributed by atoms with Gasteiger partial charge in [-0.05, 0) is 66.7 Å². The second kappa shape index (κ2) is 10.3. The first kappa shape index (κ1) is 27.0. The summed E-state index contributed by atoms with van der Waals surface area (Å²) in [7, 11) is 0. The molecular weight excluding hydrogens is 641 g/mol. The van der Waals surface area contributed by atoms with Crippen LogP contribution in [0.2, 0.25) is 0 Å². The molecule has 11 aromatic rings. The normalized spacial score (nSPS) is 12.1. The van der Waals surface area contributed by atoms with E-state index in [1.807, 2.05) is 71.2 Å². The van der Waals surface area contributed by atoms with Crippen LogP contribution in [0.25, 0.3) is 84.8 Å². The smallest absolute Gasteiger partial charge is 0.227 e. The van der Waals surface area contributed by atoms with Gasteiger partial charge < -0.3 is 13.7 Å². The average Bonchev–Trinajstić information content (AvgIpc) is 3.93. The van der Waals surface area contributed by atoms with Crippen molar-refractivity contribution in [2.75, 3.05) is 4.90 Å². The minimum atomic E-state index is 0.587. The molecule has 0 atom stereocenters. The molecule has 0 aliphatic rings. The number of fused-ring (bicyclic) bond motifs is 11. The Kier molecular flexibility index (Phi) is 5.67. The number of para-hydroxylation sites is 1. The Morgan fingerprint density at radius 2 is 1.10 bits per heavy atom. The maximum absolute atomic E-state index is 6.78. The first-order chi connectivity index (χ1) is 24.3. The third kappa shape index (κ3) is 4.05. The summed E-state index contributed by atoms with van der Waals surface area (Å²) in [5.74, 6) is 0.587. The summed E-state index contributed by atoms with van der Waals surface area (Å²) in [4.78, 5) is 7.41. The van der Waals surface area contributed by atoms with Crippen molar-refractivity contribution in [1.29, 1.82) is 0 Å². The standard InChI is InChI=1S/C43H24N2O2S2/c1-2-10-25(11-3-1)43-44-33-24-34(42-40(41(33)47-43)31-14-4-7-15-35(31)46-42)45(26-19-21-38-32(22-26)29-13-6-9-17-37(29)48-38)27-18-20-30-28-12-5-8-16-36(28)49-39(30)23-27/h1-24H. The highest BCUT2D eigenvalue weighted by atomic mass is 32.1. The predicted octanol–water partition coefficient (Wildman–Crippen LogP) is 13.6. The van der Waals surface area contributed by atoms with E-state index in [0.29, 0.717) is 5.89 Å². The van der Waals surface area contributed by atoms with Gasteiger partial charge in [-0.3, -0.25) is 0 Å². The Morgan fingerprint density at radius 1 is 0.469 bits per heavy atom. The third-order valence-electron chi connectivity index (χ3n) is 9.48. The van der Waals surface area contributed by atoms with Crippen molar-refractivity contribution in [2.24, 2.45) is 0 Å². The van der Waals surface area contributed by atoms with Gasteiger partial charge in [-0.1, -0.05) is 78.9 Å². The minimum Gasteiger partial charge on any atom is -0.454 e. The molecule has 230 valence electrons. The molecule has 0 fully saturated rings. The number of rotatable bonds is 4. The van der Waals surface area contributed by atoms with Gasteiger partial charge in [-0.25, -0.2) is 4.98 Å². The Balaban J connectivity index is 1.24. The lowest BCUT2D eigenvalue weighted by Gasteiger charge is -2.26. The maximum atomic E-state index is 6.78. The zero-order valence-corrected chi connectivity index (χ0v) is 27.5. The van der Waals surface area contributed by atoms with E-state index in [2.05, 4.69) is 102 Å². The van der Waals surface area contributed by atoms with Crippen LogP contribution >= 0.6 is 22.7 Å². The summed E-state index contributed by atoms with van der Waals surface area (Å²) in [6, 6.07) is 51.3. The van der Waals surface area contributed by atoms with Crippen LogP contribution in [0.1, 0.15) is 0 Å². The van der Waals surface area contributed by atoms with Crippen molar-refractivity contribution in [2.45, 2.75) is 0 Å². The molecule has 0 bridgehead atoms. The number of hydrogen-bond acceptors (Lipinski definition) is 6. The first-order valence-electron chi connectivity index (χ1n) is 16.2. The lowest BCUT2D eigenvalue weighted by Crippen LogP contribution is -2.10. The van der Waals surface area contributed by atoms with Crippen molar-refractivity contribution in [1.82, 2.24) is 4.98 Å². The van der Waals surface area contributed by atoms with E-state index in [0.717, 1.165) is 55.7 Å². The fourth-order valence-electron chi connectivity index (χ4n) is 7.26. The van der Waals surface area contributed by atoms with E-state index < -0.39 is 0 Å². The lowest BCUT2D eigenvalue weighted by atomic mass is 10.1. The number of thiophene rings is 2. The molecule has 7 aromatic carbocycles. The van der Waals surface area contributed by atoms with Gasteiger partial charge in [0.05, 0.1) is 11.1 Å². The Bertz CT molecular complexity index is 3080. The lowest BCUT2D eigenvalue weighted by molar-refractivity contribution is 0.622. The molecule has 49 heavy (non-hydrogen) atoms. The van der Waals surface area contributed by atoms with Crippen molar-refractivity contribution < 1.29 is 8.83 Å². The summed E-state index contributed by atoms with van der Waals surface area (Å²) < 4.78 is 18.4. The summed E-state index contributed by atoms with van der Waals surface area (Å²) in [5.41, 5.74) is 7.01. The number of aromatic nitrogens is 1. The van der Waals surface area contributed by atoms with E-state index in [-0.39, 0.29) is 0 Å². The van der Waals surface area contributed by atoms with Crippen molar-refractivity contribution in [3.63, 3.8) is 0 Å². The fraction of sp³-hybridized carbons (Fsp3) is 0. The van der Waals surface area contributed by atoms with Gasteiger partial charge >= 0.3 is 0 Å². The molecule has 11 rings (SSSR count). The molecule has 4 aromatic heterocycles. The number of benzene rings is 7. The zero-order valence-electron chi connectivity index (χ0n) is 25.9. The molecule has 4 heterocycles. The summed E-state index contributed by atoms with van der Waals surface area (Å²) in [6.45, 7) is 0. The number of oxazole rings is 1. The minimum absolute atomic E-state index is 0.587. The van der Waals surface area contributed by atoms with Gasteiger partial charge in [-0.2, -0.15) is 0 Å². The topological polar surface area (TPSA) is 42.4 Å². The van der Waals surface area contributed by atoms with E-state index in [9.17, 15) is 0 Å². The molecule has 0 saturated carbocycles. The summed E-state index contributed by atoms with van der Waals surface area (Å²) in [5, 5.41) is 6.96. The molecular formula is C43H24N2O2S2. The quantitative estimate of drug-likeness (QED) is 0.188. The van der Waals surface area contributed by atoms with Crippen LogP contribution in [-0.4, -0.2) is 4.98 Å². The first-order valence-corrected chi connectivity index (χ1v) is 17.8. The molecule has 0 amide bonds. The fourth-order valence-corrected chi connectivity index (χ4v) is 9.49. The van der Waals surface area contributed by atoms with Gasteiger partial charge in [0, 0.05) is 62.7 Å². The van der Waals surface area contributed by atoms with Crippen LogP contribution < -0.4 is 4.90 Å². The van der Waals surface area contributed by atoms with E-state index >= 15 is 0 Å². The van der Waals surface area contributed by atoms with E-state index in [4.69, 9.17) is 13.8 Å². The highest BCUT2D eigenvalue weighted by molar-refractivity contribution is 7.26. The van der Waals surface area contributed by atoms with Crippen LogP contribution in [0.15, 0.2) is 154 Å². The molecule has 0 spiro atoms. The SMILES string of the molecule is c1ccc(-c2nc3cc(N(c4ccc5c(c4)sc4ccccc45)c4ccc5sc6ccccc6c5c4)c4oc5ccccc5c4c3o2)cc1. The number of hydrogen-bond donors (Lipinski definition) is 0. The second-order valence-corrected chi connectivity index (χ2v) is 14.5. The molecule has 6 heteroatoms. The zero-order chi connectivity index (χ0) is 32.1. The van der Waals surface area contributed by atoms with Crippen molar-refractivity contribution in [3.8, 4) is 11.5 Å². The van der Waals surface area contributed by atoms with E-state index in [1.54, 1.807) is 0 Å². The molecule has 0 aliphatic heterocycles. The predicted molar refractivity (Wildman–Crippen MR) is 207 cm³/mol. The Labute approximate surface area is 287 Å². The molecule has 0 N–H and O–H groups in total. The summed E-state index contributed by atoms with van der Waals surface area (Å²) in [6.07, 6.45) is 0. The molecule has 4 nitrogen and oxygen atoms in total. The van der Waals surface area contributed by atoms with Crippen molar-refractivity contribution >= 4 is 113 Å². The Morgan fingerprint density at radius 3 is 1.94 bits per heavy atom. The maximum Gasteiger partial charge on any atom is 0.227 e. The largest absolute Gasteiger partial charge is 0.454 e. The average molecular weight is 665 g/mol. The van der Waals surface area contributed by atoms with Crippen LogP contribution in [-0.2, 0) is 0 Å². The number of anilines is 3. The third-order valence-corrected chi connectivity index (χ3v) is 11.8. The van der Waals surface area contributed by atoms with Gasteiger partial charge in [0.2, 0.25) is 5.89 Å².